The summed E-state index contributed by atoms with van der Waals surface area (Å²) in [6.45, 7) is 2.07. The number of rotatable bonds is 6. The Bertz CT molecular complexity index is 1370. The lowest BCUT2D eigenvalue weighted by atomic mass is 10.2. The molecule has 8 heteroatoms. The van der Waals surface area contributed by atoms with Crippen LogP contribution >= 0.6 is 23.4 Å². The van der Waals surface area contributed by atoms with Gasteiger partial charge in [0, 0.05) is 28.5 Å². The Kier molecular flexibility index (Phi) is 5.75. The van der Waals surface area contributed by atoms with E-state index >= 15 is 0 Å². The maximum Gasteiger partial charge on any atom is 0.205 e. The van der Waals surface area contributed by atoms with E-state index in [4.69, 9.17) is 16.0 Å². The molecule has 0 fully saturated rings. The minimum Gasteiger partial charge on any atom is -0.440 e. The molecule has 0 aliphatic heterocycles. The second-order valence-corrected chi connectivity index (χ2v) is 8.47. The molecule has 0 saturated carbocycles. The molecule has 0 saturated heterocycles. The fraction of sp³-hybridized carbons (Fsp3) is 0.0833. The van der Waals surface area contributed by atoms with Crippen LogP contribution in [0.25, 0.3) is 28.4 Å². The molecule has 3 heterocycles. The van der Waals surface area contributed by atoms with Crippen molar-refractivity contribution in [3.05, 3.63) is 95.7 Å². The van der Waals surface area contributed by atoms with Crippen LogP contribution in [0.15, 0.2) is 88.8 Å². The average Bonchev–Trinajstić information content (AvgIpc) is 3.46. The highest BCUT2D eigenvalue weighted by atomic mass is 35.5. The number of oxazole rings is 1. The first-order valence-corrected chi connectivity index (χ1v) is 11.3. The Labute approximate surface area is 194 Å². The maximum atomic E-state index is 6.10. The second kappa shape index (κ2) is 8.98. The third-order valence-electron chi connectivity index (χ3n) is 4.90. The fourth-order valence-corrected chi connectivity index (χ4v) is 4.34. The molecule has 5 aromatic rings. The molecule has 0 atom stereocenters. The van der Waals surface area contributed by atoms with Gasteiger partial charge in [0.15, 0.2) is 16.7 Å². The summed E-state index contributed by atoms with van der Waals surface area (Å²) < 4.78 is 8.00. The van der Waals surface area contributed by atoms with E-state index in [2.05, 4.69) is 43.8 Å². The van der Waals surface area contributed by atoms with E-state index < -0.39 is 0 Å². The number of para-hydroxylation sites is 1. The van der Waals surface area contributed by atoms with E-state index in [0.717, 1.165) is 33.4 Å². The minimum atomic E-state index is 0.512. The second-order valence-electron chi connectivity index (χ2n) is 7.09. The van der Waals surface area contributed by atoms with Gasteiger partial charge in [0.25, 0.3) is 0 Å². The SMILES string of the molecule is Cc1ccccc1-n1c(SCc2ncc(-c3cccc(Cl)c3)o2)nnc1-c1cccnc1. The van der Waals surface area contributed by atoms with E-state index in [9.17, 15) is 0 Å². The zero-order valence-electron chi connectivity index (χ0n) is 17.1. The average molecular weight is 460 g/mol. The van der Waals surface area contributed by atoms with Gasteiger partial charge in [-0.3, -0.25) is 9.55 Å². The number of pyridine rings is 1. The predicted octanol–water partition coefficient (Wildman–Crippen LogP) is 6.24. The number of halogens is 1. The molecule has 0 unspecified atom stereocenters. The van der Waals surface area contributed by atoms with Crippen LogP contribution in [0.2, 0.25) is 5.02 Å². The first kappa shape index (κ1) is 20.5. The number of hydrogen-bond acceptors (Lipinski definition) is 6. The third kappa shape index (κ3) is 4.17. The summed E-state index contributed by atoms with van der Waals surface area (Å²) in [5, 5.41) is 10.3. The van der Waals surface area contributed by atoms with Crippen LogP contribution in [-0.4, -0.2) is 24.7 Å². The highest BCUT2D eigenvalue weighted by molar-refractivity contribution is 7.98. The van der Waals surface area contributed by atoms with Crippen LogP contribution < -0.4 is 0 Å². The molecule has 0 amide bonds. The highest BCUT2D eigenvalue weighted by Crippen LogP contribution is 2.31. The normalized spacial score (nSPS) is 11.1. The van der Waals surface area contributed by atoms with Crippen LogP contribution in [0.5, 0.6) is 0 Å². The summed E-state index contributed by atoms with van der Waals surface area (Å²) in [5.74, 6) is 2.53. The molecule has 0 spiro atoms. The molecule has 32 heavy (non-hydrogen) atoms. The van der Waals surface area contributed by atoms with E-state index in [1.54, 1.807) is 18.6 Å². The van der Waals surface area contributed by atoms with Crippen molar-refractivity contribution in [2.45, 2.75) is 17.8 Å². The minimum absolute atomic E-state index is 0.512. The van der Waals surface area contributed by atoms with Gasteiger partial charge in [0.2, 0.25) is 5.89 Å². The molecule has 3 aromatic heterocycles. The molecule has 0 radical (unpaired) electrons. The summed E-state index contributed by atoms with van der Waals surface area (Å²) >= 11 is 7.61. The van der Waals surface area contributed by atoms with Gasteiger partial charge < -0.3 is 4.42 Å². The van der Waals surface area contributed by atoms with Gasteiger partial charge in [-0.1, -0.05) is 53.7 Å². The van der Waals surface area contributed by atoms with Gasteiger partial charge in [-0.05, 0) is 42.8 Å². The van der Waals surface area contributed by atoms with Gasteiger partial charge in [-0.15, -0.1) is 10.2 Å². The Morgan fingerprint density at radius 3 is 2.66 bits per heavy atom. The largest absolute Gasteiger partial charge is 0.440 e. The lowest BCUT2D eigenvalue weighted by Gasteiger charge is -2.12. The molecular formula is C24H18ClN5OS. The topological polar surface area (TPSA) is 69.6 Å². The molecule has 158 valence electrons. The van der Waals surface area contributed by atoms with E-state index in [1.165, 1.54) is 11.8 Å². The number of aromatic nitrogens is 5. The van der Waals surface area contributed by atoms with Crippen molar-refractivity contribution < 1.29 is 4.42 Å². The third-order valence-corrected chi connectivity index (χ3v) is 6.05. The number of nitrogens with zero attached hydrogens (tertiary/aromatic N) is 5. The first-order valence-electron chi connectivity index (χ1n) is 9.94. The smallest absolute Gasteiger partial charge is 0.205 e. The molecule has 6 nitrogen and oxygen atoms in total. The molecule has 0 aliphatic rings. The maximum absolute atomic E-state index is 6.10. The van der Waals surface area contributed by atoms with Gasteiger partial charge in [0.05, 0.1) is 17.6 Å². The number of benzene rings is 2. The summed E-state index contributed by atoms with van der Waals surface area (Å²) in [6, 6.07) is 19.5. The number of hydrogen-bond donors (Lipinski definition) is 0. The van der Waals surface area contributed by atoms with Crippen molar-refractivity contribution in [2.24, 2.45) is 0 Å². The van der Waals surface area contributed by atoms with Crippen molar-refractivity contribution >= 4 is 23.4 Å². The number of aryl methyl sites for hydroxylation is 1. The molecular weight excluding hydrogens is 442 g/mol. The Morgan fingerprint density at radius 2 is 1.84 bits per heavy atom. The summed E-state index contributed by atoms with van der Waals surface area (Å²) in [6.07, 6.45) is 5.25. The zero-order valence-corrected chi connectivity index (χ0v) is 18.7. The van der Waals surface area contributed by atoms with Gasteiger partial charge in [0.1, 0.15) is 0 Å². The first-order chi connectivity index (χ1) is 15.7. The van der Waals surface area contributed by atoms with Gasteiger partial charge in [-0.2, -0.15) is 0 Å². The van der Waals surface area contributed by atoms with Crippen LogP contribution in [0.4, 0.5) is 0 Å². The van der Waals surface area contributed by atoms with Crippen LogP contribution in [0, 0.1) is 6.92 Å². The lowest BCUT2D eigenvalue weighted by Crippen LogP contribution is -2.02. The molecule has 0 bridgehead atoms. The van der Waals surface area contributed by atoms with Crippen molar-refractivity contribution in [1.82, 2.24) is 24.7 Å². The Hall–Kier alpha value is -3.42. The Balaban J connectivity index is 1.46. The summed E-state index contributed by atoms with van der Waals surface area (Å²) in [5.41, 5.74) is 3.93. The van der Waals surface area contributed by atoms with Gasteiger partial charge >= 0.3 is 0 Å². The van der Waals surface area contributed by atoms with E-state index in [1.807, 2.05) is 48.5 Å². The highest BCUT2D eigenvalue weighted by Gasteiger charge is 2.18. The summed E-state index contributed by atoms with van der Waals surface area (Å²) in [4.78, 5) is 8.66. The zero-order chi connectivity index (χ0) is 21.9. The van der Waals surface area contributed by atoms with Crippen molar-refractivity contribution in [3.63, 3.8) is 0 Å². The van der Waals surface area contributed by atoms with Crippen molar-refractivity contribution in [2.75, 3.05) is 0 Å². The summed E-state index contributed by atoms with van der Waals surface area (Å²) in [7, 11) is 0. The quantitative estimate of drug-likeness (QED) is 0.280. The predicted molar refractivity (Wildman–Crippen MR) is 126 cm³/mol. The lowest BCUT2D eigenvalue weighted by molar-refractivity contribution is 0.529. The van der Waals surface area contributed by atoms with Crippen molar-refractivity contribution in [3.8, 4) is 28.4 Å². The molecule has 0 N–H and O–H groups in total. The van der Waals surface area contributed by atoms with Crippen molar-refractivity contribution in [1.29, 1.82) is 0 Å². The molecule has 5 rings (SSSR count). The van der Waals surface area contributed by atoms with E-state index in [-0.39, 0.29) is 0 Å². The van der Waals surface area contributed by atoms with Crippen LogP contribution in [0.3, 0.4) is 0 Å². The number of thioether (sulfide) groups is 1. The van der Waals surface area contributed by atoms with Crippen LogP contribution in [-0.2, 0) is 5.75 Å². The Morgan fingerprint density at radius 1 is 0.969 bits per heavy atom. The van der Waals surface area contributed by atoms with Gasteiger partial charge in [-0.25, -0.2) is 4.98 Å². The van der Waals surface area contributed by atoms with Crippen LogP contribution in [0.1, 0.15) is 11.5 Å². The molecule has 0 aliphatic carbocycles. The monoisotopic (exact) mass is 459 g/mol. The molecule has 2 aromatic carbocycles. The standard InChI is InChI=1S/C24H18ClN5OS/c1-16-6-2-3-10-20(16)30-23(18-8-5-11-26-13-18)28-29-24(30)32-15-22-27-14-21(31-22)17-7-4-9-19(25)12-17/h2-14H,15H2,1H3. The fourth-order valence-electron chi connectivity index (χ4n) is 3.36. The van der Waals surface area contributed by atoms with E-state index in [0.29, 0.717) is 22.4 Å².